The number of imide groups is 1. The molecular weight excluding hydrogens is 212 g/mol. The molecule has 86 valence electrons. The maximum Gasteiger partial charge on any atom is 0.322 e. The molecule has 3 rings (SSSR count). The lowest BCUT2D eigenvalue weighted by Gasteiger charge is -2.22. The largest absolute Gasteiger partial charge is 0.469 e. The number of urea groups is 1. The first-order valence-electron chi connectivity index (χ1n) is 5.31. The molecular formula is C10H12N2O4. The second kappa shape index (κ2) is 2.75. The molecule has 1 saturated heterocycles. The van der Waals surface area contributed by atoms with Gasteiger partial charge in [0, 0.05) is 5.92 Å². The van der Waals surface area contributed by atoms with Gasteiger partial charge in [0.2, 0.25) is 0 Å². The van der Waals surface area contributed by atoms with E-state index in [0.717, 1.165) is 6.42 Å². The van der Waals surface area contributed by atoms with Crippen molar-refractivity contribution in [3.05, 3.63) is 0 Å². The summed E-state index contributed by atoms with van der Waals surface area (Å²) in [5, 5.41) is 4.92. The second-order valence-corrected chi connectivity index (χ2v) is 4.66. The summed E-state index contributed by atoms with van der Waals surface area (Å²) in [4.78, 5) is 34.4. The van der Waals surface area contributed by atoms with Crippen molar-refractivity contribution in [2.45, 2.75) is 18.4 Å². The van der Waals surface area contributed by atoms with E-state index in [1.807, 2.05) is 0 Å². The van der Waals surface area contributed by atoms with Gasteiger partial charge in [-0.1, -0.05) is 0 Å². The molecule has 0 radical (unpaired) electrons. The van der Waals surface area contributed by atoms with Crippen LogP contribution in [0.3, 0.4) is 0 Å². The molecule has 2 N–H and O–H groups in total. The predicted molar refractivity (Wildman–Crippen MR) is 51.1 cm³/mol. The van der Waals surface area contributed by atoms with Crippen LogP contribution in [0.1, 0.15) is 12.8 Å². The molecule has 0 bridgehead atoms. The van der Waals surface area contributed by atoms with E-state index < -0.39 is 11.6 Å². The number of esters is 1. The number of carbonyl (C=O) groups is 3. The third-order valence-electron chi connectivity index (χ3n) is 4.05. The number of carbonyl (C=O) groups excluding carboxylic acids is 3. The lowest BCUT2D eigenvalue weighted by Crippen LogP contribution is -2.48. The molecule has 2 saturated carbocycles. The molecule has 2 aliphatic carbocycles. The van der Waals surface area contributed by atoms with Crippen LogP contribution in [0.5, 0.6) is 0 Å². The van der Waals surface area contributed by atoms with E-state index in [9.17, 15) is 14.4 Å². The van der Waals surface area contributed by atoms with Gasteiger partial charge in [-0.25, -0.2) is 4.79 Å². The van der Waals surface area contributed by atoms with E-state index in [4.69, 9.17) is 4.74 Å². The van der Waals surface area contributed by atoms with Gasteiger partial charge in [-0.3, -0.25) is 14.9 Å². The normalized spacial score (nSPS) is 43.9. The molecule has 16 heavy (non-hydrogen) atoms. The summed E-state index contributed by atoms with van der Waals surface area (Å²) in [6.07, 6.45) is 1.41. The van der Waals surface area contributed by atoms with Gasteiger partial charge in [-0.2, -0.15) is 0 Å². The fourth-order valence-electron chi connectivity index (χ4n) is 3.34. The van der Waals surface area contributed by atoms with Crippen LogP contribution in [-0.2, 0) is 14.3 Å². The number of methoxy groups -OCH3 is 1. The Hall–Kier alpha value is -1.59. The highest BCUT2D eigenvalue weighted by atomic mass is 16.5. The quantitative estimate of drug-likeness (QED) is 0.460. The Morgan fingerprint density at radius 3 is 2.81 bits per heavy atom. The third-order valence-corrected chi connectivity index (χ3v) is 4.05. The van der Waals surface area contributed by atoms with Gasteiger partial charge in [-0.05, 0) is 18.8 Å². The van der Waals surface area contributed by atoms with Crippen LogP contribution < -0.4 is 10.6 Å². The van der Waals surface area contributed by atoms with E-state index in [1.165, 1.54) is 7.11 Å². The maximum absolute atomic E-state index is 11.8. The summed E-state index contributed by atoms with van der Waals surface area (Å²) in [5.74, 6) is -0.676. The number of hydrogen-bond donors (Lipinski definition) is 2. The van der Waals surface area contributed by atoms with Gasteiger partial charge in [0.25, 0.3) is 5.91 Å². The zero-order valence-corrected chi connectivity index (χ0v) is 8.78. The first-order valence-corrected chi connectivity index (χ1v) is 5.31. The van der Waals surface area contributed by atoms with Gasteiger partial charge >= 0.3 is 12.0 Å². The first kappa shape index (κ1) is 9.62. The van der Waals surface area contributed by atoms with Crippen molar-refractivity contribution in [3.63, 3.8) is 0 Å². The highest BCUT2D eigenvalue weighted by Crippen LogP contribution is 2.63. The van der Waals surface area contributed by atoms with Gasteiger partial charge in [0.1, 0.15) is 5.54 Å². The summed E-state index contributed by atoms with van der Waals surface area (Å²) in [7, 11) is 1.34. The predicted octanol–water partition coefficient (Wildman–Crippen LogP) is -0.606. The zero-order valence-electron chi connectivity index (χ0n) is 8.78. The SMILES string of the molecule is COC(=O)C1C2CCC3(NC(=O)NC3=O)C21. The van der Waals surface area contributed by atoms with Gasteiger partial charge in [0.15, 0.2) is 0 Å². The van der Waals surface area contributed by atoms with Crippen LogP contribution in [0.4, 0.5) is 4.79 Å². The highest BCUT2D eigenvalue weighted by Gasteiger charge is 2.73. The van der Waals surface area contributed by atoms with Crippen molar-refractivity contribution in [3.8, 4) is 0 Å². The number of rotatable bonds is 1. The number of nitrogens with one attached hydrogen (secondary N) is 2. The van der Waals surface area contributed by atoms with Crippen molar-refractivity contribution >= 4 is 17.9 Å². The summed E-state index contributed by atoms with van der Waals surface area (Å²) < 4.78 is 4.69. The van der Waals surface area contributed by atoms with E-state index >= 15 is 0 Å². The summed E-state index contributed by atoms with van der Waals surface area (Å²) >= 11 is 0. The molecule has 0 aromatic rings. The molecule has 6 nitrogen and oxygen atoms in total. The van der Waals surface area contributed by atoms with Crippen LogP contribution >= 0.6 is 0 Å². The zero-order chi connectivity index (χ0) is 11.5. The molecule has 4 unspecified atom stereocenters. The number of ether oxygens (including phenoxy) is 1. The molecule has 3 aliphatic rings. The molecule has 0 aromatic carbocycles. The lowest BCUT2D eigenvalue weighted by atomic mass is 9.90. The Morgan fingerprint density at radius 2 is 2.25 bits per heavy atom. The number of amides is 3. The maximum atomic E-state index is 11.8. The van der Waals surface area contributed by atoms with Crippen molar-refractivity contribution in [1.82, 2.24) is 10.6 Å². The summed E-state index contributed by atoms with van der Waals surface area (Å²) in [6.45, 7) is 0. The van der Waals surface area contributed by atoms with Gasteiger partial charge < -0.3 is 10.1 Å². The molecule has 1 aliphatic heterocycles. The minimum Gasteiger partial charge on any atom is -0.469 e. The molecule has 3 amide bonds. The average Bonchev–Trinajstić information content (AvgIpc) is 2.77. The average molecular weight is 224 g/mol. The van der Waals surface area contributed by atoms with Crippen LogP contribution in [0, 0.1) is 17.8 Å². The standard InChI is InChI=1S/C10H12N2O4/c1-16-7(13)5-4-2-3-10(6(4)5)8(14)11-9(15)12-10/h4-6H,2-3H2,1H3,(H2,11,12,14,15). The molecule has 0 aromatic heterocycles. The second-order valence-electron chi connectivity index (χ2n) is 4.66. The molecule has 1 spiro atoms. The van der Waals surface area contributed by atoms with E-state index in [0.29, 0.717) is 6.42 Å². The van der Waals surface area contributed by atoms with Crippen LogP contribution in [0.2, 0.25) is 0 Å². The minimum absolute atomic E-state index is 0.0774. The fourth-order valence-corrected chi connectivity index (χ4v) is 3.34. The van der Waals surface area contributed by atoms with E-state index in [2.05, 4.69) is 10.6 Å². The Morgan fingerprint density at radius 1 is 1.50 bits per heavy atom. The van der Waals surface area contributed by atoms with Crippen LogP contribution in [0.25, 0.3) is 0 Å². The first-order chi connectivity index (χ1) is 7.60. The van der Waals surface area contributed by atoms with Crippen LogP contribution in [-0.4, -0.2) is 30.6 Å². The third kappa shape index (κ3) is 0.942. The summed E-state index contributed by atoms with van der Waals surface area (Å²) in [6, 6.07) is -0.457. The van der Waals surface area contributed by atoms with Crippen molar-refractivity contribution in [1.29, 1.82) is 0 Å². The molecule has 3 fully saturated rings. The van der Waals surface area contributed by atoms with Crippen molar-refractivity contribution in [2.75, 3.05) is 7.11 Å². The molecule has 4 atom stereocenters. The smallest absolute Gasteiger partial charge is 0.322 e. The van der Waals surface area contributed by atoms with Gasteiger partial charge in [0.05, 0.1) is 13.0 Å². The highest BCUT2D eigenvalue weighted by molar-refractivity contribution is 6.08. The van der Waals surface area contributed by atoms with Gasteiger partial charge in [-0.15, -0.1) is 0 Å². The summed E-state index contributed by atoms with van der Waals surface area (Å²) in [5.41, 5.74) is -0.847. The van der Waals surface area contributed by atoms with E-state index in [-0.39, 0.29) is 29.6 Å². The molecule has 6 heteroatoms. The van der Waals surface area contributed by atoms with E-state index in [1.54, 1.807) is 0 Å². The molecule has 1 heterocycles. The lowest BCUT2D eigenvalue weighted by molar-refractivity contribution is -0.143. The Bertz CT molecular complexity index is 408. The van der Waals surface area contributed by atoms with Crippen LogP contribution in [0.15, 0.2) is 0 Å². The Kier molecular flexibility index (Phi) is 1.65. The number of hydrogen-bond acceptors (Lipinski definition) is 4. The monoisotopic (exact) mass is 224 g/mol. The fraction of sp³-hybridized carbons (Fsp3) is 0.700. The number of fused-ring (bicyclic) bond motifs is 2. The van der Waals surface area contributed by atoms with Crippen molar-refractivity contribution < 1.29 is 19.1 Å². The van der Waals surface area contributed by atoms with Crippen molar-refractivity contribution in [2.24, 2.45) is 17.8 Å². The Balaban J connectivity index is 1.87. The Labute approximate surface area is 91.7 Å². The minimum atomic E-state index is -0.847. The topological polar surface area (TPSA) is 84.5 Å².